The van der Waals surface area contributed by atoms with Crippen LogP contribution in [0.25, 0.3) is 0 Å². The van der Waals surface area contributed by atoms with Crippen LogP contribution in [0.1, 0.15) is 19.3 Å². The maximum atomic E-state index is 12.7. The van der Waals surface area contributed by atoms with Crippen molar-refractivity contribution < 1.29 is 8.42 Å². The van der Waals surface area contributed by atoms with Gasteiger partial charge in [0.2, 0.25) is 5.03 Å². The van der Waals surface area contributed by atoms with Gasteiger partial charge in [-0.2, -0.15) is 4.31 Å². The molecular weight excluding hydrogens is 312 g/mol. The van der Waals surface area contributed by atoms with Crippen molar-refractivity contribution in [2.75, 3.05) is 26.7 Å². The summed E-state index contributed by atoms with van der Waals surface area (Å²) in [6.45, 7) is 2.23. The summed E-state index contributed by atoms with van der Waals surface area (Å²) in [7, 11) is 0.238. The van der Waals surface area contributed by atoms with Crippen molar-refractivity contribution >= 4 is 21.6 Å². The normalized spacial score (nSPS) is 28.5. The minimum atomic E-state index is -3.59. The first-order valence-corrected chi connectivity index (χ1v) is 9.10. The fraction of sp³-hybridized carbons (Fsp3) is 0.769. The van der Waals surface area contributed by atoms with Gasteiger partial charge in [-0.05, 0) is 38.8 Å². The van der Waals surface area contributed by atoms with Gasteiger partial charge in [-0.25, -0.2) is 13.4 Å². The largest absolute Gasteiger partial charge is 0.324 e. The molecule has 3 heterocycles. The van der Waals surface area contributed by atoms with Gasteiger partial charge in [0, 0.05) is 26.2 Å². The molecule has 3 rings (SSSR count). The molecule has 1 aromatic heterocycles. The van der Waals surface area contributed by atoms with E-state index in [0.717, 1.165) is 25.8 Å². The van der Waals surface area contributed by atoms with Crippen molar-refractivity contribution in [2.45, 2.75) is 30.3 Å². The average molecular weight is 333 g/mol. The number of piperidine rings is 2. The Bertz CT molecular complexity index is 630. The quantitative estimate of drug-likeness (QED) is 0.816. The second-order valence-corrected chi connectivity index (χ2v) is 8.26. The maximum absolute atomic E-state index is 12.7. The zero-order valence-electron chi connectivity index (χ0n) is 12.4. The first-order chi connectivity index (χ1) is 9.91. The van der Waals surface area contributed by atoms with Crippen molar-refractivity contribution in [1.29, 1.82) is 0 Å². The molecule has 2 saturated heterocycles. The molecule has 1 aromatic rings. The van der Waals surface area contributed by atoms with Gasteiger partial charge in [0.1, 0.15) is 5.15 Å². The van der Waals surface area contributed by atoms with Crippen LogP contribution < -0.4 is 0 Å². The number of hydrogen-bond donors (Lipinski definition) is 0. The third-order valence-corrected chi connectivity index (χ3v) is 7.08. The van der Waals surface area contributed by atoms with Crippen LogP contribution in [0.4, 0.5) is 0 Å². The fourth-order valence-electron chi connectivity index (χ4n) is 3.53. The summed E-state index contributed by atoms with van der Waals surface area (Å²) in [4.78, 5) is 6.34. The van der Waals surface area contributed by atoms with E-state index in [2.05, 4.69) is 16.9 Å². The highest BCUT2D eigenvalue weighted by Crippen LogP contribution is 2.33. The first kappa shape index (κ1) is 15.3. The number of likely N-dealkylation sites (tertiary alicyclic amines) is 1. The molecule has 2 unspecified atom stereocenters. The maximum Gasteiger partial charge on any atom is 0.263 e. The van der Waals surface area contributed by atoms with Gasteiger partial charge in [-0.15, -0.1) is 0 Å². The molecule has 0 bridgehead atoms. The zero-order valence-corrected chi connectivity index (χ0v) is 13.9. The Labute approximate surface area is 130 Å². The number of hydrogen-bond acceptors (Lipinski definition) is 4. The molecule has 8 heteroatoms. The molecule has 0 spiro atoms. The number of aromatic nitrogens is 2. The Kier molecular flexibility index (Phi) is 4.02. The molecule has 2 aliphatic heterocycles. The Morgan fingerprint density at radius 1 is 1.29 bits per heavy atom. The van der Waals surface area contributed by atoms with Gasteiger partial charge in [0.15, 0.2) is 0 Å². The van der Waals surface area contributed by atoms with E-state index in [4.69, 9.17) is 11.6 Å². The molecule has 0 aliphatic carbocycles. The van der Waals surface area contributed by atoms with Crippen LogP contribution >= 0.6 is 11.6 Å². The molecule has 6 nitrogen and oxygen atoms in total. The smallest absolute Gasteiger partial charge is 0.263 e. The van der Waals surface area contributed by atoms with Gasteiger partial charge < -0.3 is 9.47 Å². The molecular formula is C13H21ClN4O2S. The minimum Gasteiger partial charge on any atom is -0.324 e. The Balaban J connectivity index is 1.83. The topological polar surface area (TPSA) is 58.4 Å². The van der Waals surface area contributed by atoms with Gasteiger partial charge in [-0.1, -0.05) is 11.6 Å². The molecule has 2 aliphatic rings. The van der Waals surface area contributed by atoms with Crippen molar-refractivity contribution in [1.82, 2.24) is 18.8 Å². The lowest BCUT2D eigenvalue weighted by Gasteiger charge is -2.45. The fourth-order valence-corrected chi connectivity index (χ4v) is 5.43. The van der Waals surface area contributed by atoms with Crippen molar-refractivity contribution in [3.63, 3.8) is 0 Å². The van der Waals surface area contributed by atoms with Gasteiger partial charge in [0.05, 0.1) is 6.33 Å². The van der Waals surface area contributed by atoms with Crippen LogP contribution in [-0.2, 0) is 17.1 Å². The van der Waals surface area contributed by atoms with Crippen molar-refractivity contribution in [3.8, 4) is 0 Å². The second-order valence-electron chi connectivity index (χ2n) is 6.05. The zero-order chi connectivity index (χ0) is 15.2. The molecule has 0 radical (unpaired) electrons. The van der Waals surface area contributed by atoms with E-state index in [1.54, 1.807) is 11.4 Å². The number of fused-ring (bicyclic) bond motifs is 1. The molecule has 0 aromatic carbocycles. The van der Waals surface area contributed by atoms with Crippen LogP contribution in [0.15, 0.2) is 11.4 Å². The number of imidazole rings is 1. The van der Waals surface area contributed by atoms with Gasteiger partial charge in [0.25, 0.3) is 10.0 Å². The van der Waals surface area contributed by atoms with Crippen LogP contribution in [0.2, 0.25) is 5.15 Å². The van der Waals surface area contributed by atoms with E-state index < -0.39 is 10.0 Å². The minimum absolute atomic E-state index is 0.0192. The highest BCUT2D eigenvalue weighted by atomic mass is 35.5. The molecule has 2 fully saturated rings. The number of sulfonamides is 1. The molecule has 0 saturated carbocycles. The lowest BCUT2D eigenvalue weighted by molar-refractivity contribution is 0.0670. The van der Waals surface area contributed by atoms with Crippen LogP contribution in [0, 0.1) is 5.92 Å². The number of rotatable bonds is 2. The van der Waals surface area contributed by atoms with Gasteiger partial charge >= 0.3 is 0 Å². The summed E-state index contributed by atoms with van der Waals surface area (Å²) >= 11 is 6.06. The second kappa shape index (κ2) is 5.53. The molecule has 118 valence electrons. The summed E-state index contributed by atoms with van der Waals surface area (Å²) in [6, 6.07) is 0.504. The van der Waals surface area contributed by atoms with E-state index in [0.29, 0.717) is 25.0 Å². The van der Waals surface area contributed by atoms with Crippen LogP contribution in [0.5, 0.6) is 0 Å². The lowest BCUT2D eigenvalue weighted by Crippen LogP contribution is -2.53. The van der Waals surface area contributed by atoms with E-state index in [1.165, 1.54) is 10.9 Å². The molecule has 0 N–H and O–H groups in total. The summed E-state index contributed by atoms with van der Waals surface area (Å²) in [5.74, 6) is 0.412. The summed E-state index contributed by atoms with van der Waals surface area (Å²) in [5, 5.41) is 0.159. The van der Waals surface area contributed by atoms with E-state index in [-0.39, 0.29) is 10.2 Å². The third-order valence-electron chi connectivity index (χ3n) is 4.73. The number of nitrogens with zero attached hydrogens (tertiary/aromatic N) is 4. The van der Waals surface area contributed by atoms with Gasteiger partial charge in [-0.3, -0.25) is 0 Å². The van der Waals surface area contributed by atoms with E-state index in [1.807, 2.05) is 0 Å². The monoisotopic (exact) mass is 332 g/mol. The Morgan fingerprint density at radius 2 is 2.05 bits per heavy atom. The highest BCUT2D eigenvalue weighted by Gasteiger charge is 2.40. The van der Waals surface area contributed by atoms with Crippen LogP contribution in [-0.4, -0.2) is 59.9 Å². The average Bonchev–Trinajstić information content (AvgIpc) is 2.79. The number of halogens is 1. The lowest BCUT2D eigenvalue weighted by atomic mass is 9.85. The van der Waals surface area contributed by atoms with Crippen LogP contribution in [0.3, 0.4) is 0 Å². The van der Waals surface area contributed by atoms with Crippen molar-refractivity contribution in [3.05, 3.63) is 11.5 Å². The SMILES string of the molecule is CN1CCCC2CN(S(=O)(=O)c3ncn(C)c3Cl)CCC21. The van der Waals surface area contributed by atoms with E-state index >= 15 is 0 Å². The summed E-state index contributed by atoms with van der Waals surface area (Å²) < 4.78 is 28.5. The first-order valence-electron chi connectivity index (χ1n) is 7.28. The summed E-state index contributed by atoms with van der Waals surface area (Å²) in [6.07, 6.45) is 4.55. The number of aryl methyl sites for hydroxylation is 1. The molecule has 2 atom stereocenters. The third kappa shape index (κ3) is 2.60. The highest BCUT2D eigenvalue weighted by molar-refractivity contribution is 7.89. The van der Waals surface area contributed by atoms with E-state index in [9.17, 15) is 8.42 Å². The standard InChI is InChI=1S/C13H21ClN4O2S/c1-16-6-3-4-10-8-18(7-5-11(10)16)21(19,20)13-12(14)17(2)9-15-13/h9-11H,3-8H2,1-2H3. The Morgan fingerprint density at radius 3 is 2.71 bits per heavy atom. The predicted octanol–water partition coefficient (Wildman–Crippen LogP) is 1.18. The van der Waals surface area contributed by atoms with Crippen molar-refractivity contribution in [2.24, 2.45) is 13.0 Å². The Hall–Kier alpha value is -0.630. The molecule has 21 heavy (non-hydrogen) atoms. The molecule has 0 amide bonds. The predicted molar refractivity (Wildman–Crippen MR) is 80.7 cm³/mol. The summed E-state index contributed by atoms with van der Waals surface area (Å²) in [5.41, 5.74) is 0.